The fourth-order valence-electron chi connectivity index (χ4n) is 1.21. The van der Waals surface area contributed by atoms with Crippen LogP contribution < -0.4 is 5.32 Å². The molecule has 74 valence electrons. The van der Waals surface area contributed by atoms with Gasteiger partial charge in [0, 0.05) is 30.4 Å². The van der Waals surface area contributed by atoms with Crippen LogP contribution in [0.25, 0.3) is 0 Å². The summed E-state index contributed by atoms with van der Waals surface area (Å²) in [7, 11) is 0. The lowest BCUT2D eigenvalue weighted by atomic mass is 10.2. The summed E-state index contributed by atoms with van der Waals surface area (Å²) in [5.41, 5.74) is 3.18. The fourth-order valence-corrected chi connectivity index (χ4v) is 1.21. The number of H-pyrrole nitrogens is 1. The van der Waals surface area contributed by atoms with Gasteiger partial charge in [-0.3, -0.25) is 5.10 Å². The van der Waals surface area contributed by atoms with E-state index in [1.165, 1.54) is 5.56 Å². The van der Waals surface area contributed by atoms with Gasteiger partial charge >= 0.3 is 0 Å². The van der Waals surface area contributed by atoms with Crippen molar-refractivity contribution < 1.29 is 4.52 Å². The highest BCUT2D eigenvalue weighted by Crippen LogP contribution is 2.02. The Hall–Kier alpha value is -1.62. The van der Waals surface area contributed by atoms with E-state index in [1.54, 1.807) is 6.26 Å². The average molecular weight is 192 g/mol. The lowest BCUT2D eigenvalue weighted by Gasteiger charge is -2.00. The molecule has 14 heavy (non-hydrogen) atoms. The van der Waals surface area contributed by atoms with Crippen molar-refractivity contribution in [2.75, 3.05) is 0 Å². The molecule has 2 rings (SSSR count). The summed E-state index contributed by atoms with van der Waals surface area (Å²) >= 11 is 0. The number of aryl methyl sites for hydroxylation is 1. The van der Waals surface area contributed by atoms with Gasteiger partial charge in [-0.05, 0) is 6.92 Å². The summed E-state index contributed by atoms with van der Waals surface area (Å²) < 4.78 is 4.72. The molecule has 2 aromatic heterocycles. The SMILES string of the molecule is Cc1[nH]ncc1CNCc1ccon1. The quantitative estimate of drug-likeness (QED) is 0.758. The molecular weight excluding hydrogens is 180 g/mol. The van der Waals surface area contributed by atoms with Crippen molar-refractivity contribution in [3.8, 4) is 0 Å². The van der Waals surface area contributed by atoms with E-state index in [2.05, 4.69) is 20.7 Å². The molecule has 0 aliphatic rings. The normalized spacial score (nSPS) is 10.6. The molecule has 0 atom stereocenters. The van der Waals surface area contributed by atoms with Gasteiger partial charge in [-0.1, -0.05) is 5.16 Å². The fraction of sp³-hybridized carbons (Fsp3) is 0.333. The standard InChI is InChI=1S/C9H12N4O/c1-7-8(5-11-12-7)4-10-6-9-2-3-14-13-9/h2-3,5,10H,4,6H2,1H3,(H,11,12). The van der Waals surface area contributed by atoms with Crippen LogP contribution >= 0.6 is 0 Å². The molecule has 2 aromatic rings. The summed E-state index contributed by atoms with van der Waals surface area (Å²) in [5.74, 6) is 0. The first-order chi connectivity index (χ1) is 6.86. The van der Waals surface area contributed by atoms with E-state index in [1.807, 2.05) is 19.2 Å². The van der Waals surface area contributed by atoms with Gasteiger partial charge in [0.05, 0.1) is 11.9 Å². The lowest BCUT2D eigenvalue weighted by molar-refractivity contribution is 0.408. The number of aromatic amines is 1. The molecule has 0 aromatic carbocycles. The predicted octanol–water partition coefficient (Wildman–Crippen LogP) is 0.996. The minimum Gasteiger partial charge on any atom is -0.364 e. The van der Waals surface area contributed by atoms with Crippen molar-refractivity contribution in [1.82, 2.24) is 20.7 Å². The molecule has 0 spiro atoms. The van der Waals surface area contributed by atoms with Crippen molar-refractivity contribution in [2.45, 2.75) is 20.0 Å². The van der Waals surface area contributed by atoms with Crippen molar-refractivity contribution >= 4 is 0 Å². The van der Waals surface area contributed by atoms with E-state index in [0.29, 0.717) is 6.54 Å². The van der Waals surface area contributed by atoms with Crippen molar-refractivity contribution in [3.63, 3.8) is 0 Å². The van der Waals surface area contributed by atoms with Gasteiger partial charge in [0.1, 0.15) is 6.26 Å². The minimum absolute atomic E-state index is 0.709. The van der Waals surface area contributed by atoms with Crippen LogP contribution in [-0.2, 0) is 13.1 Å². The monoisotopic (exact) mass is 192 g/mol. The van der Waals surface area contributed by atoms with Gasteiger partial charge in [0.15, 0.2) is 0 Å². The molecule has 2 N–H and O–H groups in total. The average Bonchev–Trinajstić information content (AvgIpc) is 2.78. The van der Waals surface area contributed by atoms with Gasteiger partial charge in [0.25, 0.3) is 0 Å². The number of nitrogens with one attached hydrogen (secondary N) is 2. The van der Waals surface area contributed by atoms with Crippen LogP contribution in [0.1, 0.15) is 17.0 Å². The molecule has 0 fully saturated rings. The zero-order valence-electron chi connectivity index (χ0n) is 7.95. The Kier molecular flexibility index (Phi) is 2.60. The second-order valence-electron chi connectivity index (χ2n) is 3.11. The molecule has 0 aliphatic carbocycles. The van der Waals surface area contributed by atoms with Gasteiger partial charge in [-0.25, -0.2) is 0 Å². The highest BCUT2D eigenvalue weighted by molar-refractivity contribution is 5.13. The number of nitrogens with zero attached hydrogens (tertiary/aromatic N) is 2. The maximum absolute atomic E-state index is 4.72. The van der Waals surface area contributed by atoms with Crippen molar-refractivity contribution in [1.29, 1.82) is 0 Å². The highest BCUT2D eigenvalue weighted by atomic mass is 16.5. The molecule has 2 heterocycles. The molecule has 0 radical (unpaired) electrons. The minimum atomic E-state index is 0.709. The summed E-state index contributed by atoms with van der Waals surface area (Å²) in [6.07, 6.45) is 3.39. The van der Waals surface area contributed by atoms with E-state index >= 15 is 0 Å². The molecule has 5 nitrogen and oxygen atoms in total. The molecule has 0 saturated heterocycles. The van der Waals surface area contributed by atoms with Crippen LogP contribution in [-0.4, -0.2) is 15.4 Å². The van der Waals surface area contributed by atoms with E-state index in [4.69, 9.17) is 4.52 Å². The Bertz CT molecular complexity index is 379. The van der Waals surface area contributed by atoms with Crippen LogP contribution in [0.3, 0.4) is 0 Å². The smallest absolute Gasteiger partial charge is 0.124 e. The Balaban J connectivity index is 1.81. The summed E-state index contributed by atoms with van der Waals surface area (Å²) in [6, 6.07) is 1.84. The summed E-state index contributed by atoms with van der Waals surface area (Å²) in [4.78, 5) is 0. The molecule has 0 saturated carbocycles. The third-order valence-corrected chi connectivity index (χ3v) is 2.05. The Morgan fingerprint density at radius 3 is 3.07 bits per heavy atom. The summed E-state index contributed by atoms with van der Waals surface area (Å²) in [5, 5.41) is 13.9. The second-order valence-corrected chi connectivity index (χ2v) is 3.11. The molecule has 0 amide bonds. The third-order valence-electron chi connectivity index (χ3n) is 2.05. The molecule has 0 bridgehead atoms. The molecular formula is C9H12N4O. The Morgan fingerprint density at radius 1 is 1.50 bits per heavy atom. The third kappa shape index (κ3) is 2.00. The Labute approximate surface area is 81.5 Å². The first-order valence-corrected chi connectivity index (χ1v) is 4.45. The van der Waals surface area contributed by atoms with Gasteiger partial charge < -0.3 is 9.84 Å². The van der Waals surface area contributed by atoms with E-state index in [9.17, 15) is 0 Å². The van der Waals surface area contributed by atoms with Gasteiger partial charge in [-0.2, -0.15) is 5.10 Å². The van der Waals surface area contributed by atoms with Crippen LogP contribution in [0.5, 0.6) is 0 Å². The maximum atomic E-state index is 4.72. The number of rotatable bonds is 4. The Morgan fingerprint density at radius 2 is 2.43 bits per heavy atom. The highest BCUT2D eigenvalue weighted by Gasteiger charge is 2.00. The first-order valence-electron chi connectivity index (χ1n) is 4.45. The number of hydrogen-bond acceptors (Lipinski definition) is 4. The van der Waals surface area contributed by atoms with Gasteiger partial charge in [-0.15, -0.1) is 0 Å². The summed E-state index contributed by atoms with van der Waals surface area (Å²) in [6.45, 7) is 3.50. The van der Waals surface area contributed by atoms with Crippen molar-refractivity contribution in [3.05, 3.63) is 35.5 Å². The van der Waals surface area contributed by atoms with Gasteiger partial charge in [0.2, 0.25) is 0 Å². The zero-order valence-corrected chi connectivity index (χ0v) is 7.95. The largest absolute Gasteiger partial charge is 0.364 e. The first kappa shape index (κ1) is 8.96. The van der Waals surface area contributed by atoms with Crippen LogP contribution in [0.15, 0.2) is 23.0 Å². The van der Waals surface area contributed by atoms with E-state index in [0.717, 1.165) is 17.9 Å². The second kappa shape index (κ2) is 4.06. The lowest BCUT2D eigenvalue weighted by Crippen LogP contribution is -2.13. The topological polar surface area (TPSA) is 66.7 Å². The van der Waals surface area contributed by atoms with Crippen LogP contribution in [0.2, 0.25) is 0 Å². The molecule has 0 unspecified atom stereocenters. The van der Waals surface area contributed by atoms with E-state index in [-0.39, 0.29) is 0 Å². The molecule has 0 aliphatic heterocycles. The number of hydrogen-bond donors (Lipinski definition) is 2. The van der Waals surface area contributed by atoms with Crippen LogP contribution in [0, 0.1) is 6.92 Å². The zero-order chi connectivity index (χ0) is 9.80. The van der Waals surface area contributed by atoms with Crippen molar-refractivity contribution in [2.24, 2.45) is 0 Å². The predicted molar refractivity (Wildman–Crippen MR) is 50.4 cm³/mol. The number of aromatic nitrogens is 3. The molecule has 5 heteroatoms. The van der Waals surface area contributed by atoms with E-state index < -0.39 is 0 Å². The maximum Gasteiger partial charge on any atom is 0.124 e. The van der Waals surface area contributed by atoms with Crippen LogP contribution in [0.4, 0.5) is 0 Å².